The van der Waals surface area contributed by atoms with Crippen LogP contribution in [0.15, 0.2) is 53.5 Å². The minimum Gasteiger partial charge on any atom is -0.296 e. The van der Waals surface area contributed by atoms with E-state index in [9.17, 15) is 0 Å². The van der Waals surface area contributed by atoms with E-state index in [1.807, 2.05) is 47.3 Å². The summed E-state index contributed by atoms with van der Waals surface area (Å²) >= 11 is 3.44. The van der Waals surface area contributed by atoms with Gasteiger partial charge in [-0.2, -0.15) is 0 Å². The molecule has 2 aromatic heterocycles. The molecule has 0 spiro atoms. The number of para-hydroxylation sites is 2. The van der Waals surface area contributed by atoms with E-state index in [1.54, 1.807) is 6.20 Å². The Morgan fingerprint density at radius 2 is 1.88 bits per heavy atom. The highest BCUT2D eigenvalue weighted by Crippen LogP contribution is 2.22. The number of halogens is 1. The van der Waals surface area contributed by atoms with E-state index < -0.39 is 0 Å². The fourth-order valence-corrected chi connectivity index (χ4v) is 2.15. The summed E-state index contributed by atoms with van der Waals surface area (Å²) in [6.45, 7) is 0. The minimum absolute atomic E-state index is 0.818. The molecule has 2 heterocycles. The van der Waals surface area contributed by atoms with Crippen molar-refractivity contribution in [1.82, 2.24) is 14.5 Å². The van der Waals surface area contributed by atoms with Gasteiger partial charge in [-0.15, -0.1) is 0 Å². The van der Waals surface area contributed by atoms with Crippen molar-refractivity contribution in [2.45, 2.75) is 0 Å². The maximum absolute atomic E-state index is 4.35. The molecule has 0 unspecified atom stereocenters. The van der Waals surface area contributed by atoms with Crippen molar-refractivity contribution in [1.29, 1.82) is 0 Å². The van der Waals surface area contributed by atoms with Crippen molar-refractivity contribution in [2.24, 2.45) is 0 Å². The summed E-state index contributed by atoms with van der Waals surface area (Å²) < 4.78 is 2.84. The Balaban J connectivity index is 2.31. The molecule has 0 saturated heterocycles. The van der Waals surface area contributed by atoms with Crippen molar-refractivity contribution in [3.05, 3.63) is 53.5 Å². The number of benzene rings is 1. The van der Waals surface area contributed by atoms with Crippen molar-refractivity contribution >= 4 is 27.0 Å². The van der Waals surface area contributed by atoms with Crippen LogP contribution in [-0.4, -0.2) is 14.5 Å². The molecule has 1 aromatic carbocycles. The summed E-state index contributed by atoms with van der Waals surface area (Å²) in [7, 11) is 0. The number of hydrogen-bond donors (Lipinski definition) is 0. The fourth-order valence-electron chi connectivity index (χ4n) is 1.71. The maximum atomic E-state index is 4.35. The van der Waals surface area contributed by atoms with E-state index in [0.717, 1.165) is 21.3 Å². The number of nitrogens with zero attached hydrogens (tertiary/aromatic N) is 3. The van der Waals surface area contributed by atoms with Gasteiger partial charge in [0.1, 0.15) is 10.9 Å². The standard InChI is InChI=1S/C12H8BrN3/c13-12-11(6-3-7-14-12)16-8-15-9-4-1-2-5-10(9)16/h1-8H. The summed E-state index contributed by atoms with van der Waals surface area (Å²) in [5.41, 5.74) is 3.06. The lowest BCUT2D eigenvalue weighted by atomic mass is 10.3. The number of rotatable bonds is 1. The van der Waals surface area contributed by atoms with Crippen LogP contribution in [0.25, 0.3) is 16.7 Å². The lowest BCUT2D eigenvalue weighted by molar-refractivity contribution is 1.05. The van der Waals surface area contributed by atoms with E-state index >= 15 is 0 Å². The van der Waals surface area contributed by atoms with Gasteiger partial charge in [0, 0.05) is 6.20 Å². The topological polar surface area (TPSA) is 30.7 Å². The largest absolute Gasteiger partial charge is 0.296 e. The number of fused-ring (bicyclic) bond motifs is 1. The fraction of sp³-hybridized carbons (Fsp3) is 0. The van der Waals surface area contributed by atoms with Gasteiger partial charge < -0.3 is 0 Å². The molecule has 4 heteroatoms. The van der Waals surface area contributed by atoms with E-state index in [1.165, 1.54) is 0 Å². The van der Waals surface area contributed by atoms with Gasteiger partial charge in [-0.05, 0) is 40.2 Å². The smallest absolute Gasteiger partial charge is 0.130 e. The molecule has 3 aromatic rings. The van der Waals surface area contributed by atoms with Gasteiger partial charge in [-0.3, -0.25) is 4.57 Å². The summed E-state index contributed by atoms with van der Waals surface area (Å²) in [5.74, 6) is 0. The predicted octanol–water partition coefficient (Wildman–Crippen LogP) is 3.18. The molecular weight excluding hydrogens is 266 g/mol. The Hall–Kier alpha value is -1.68. The summed E-state index contributed by atoms with van der Waals surface area (Å²) in [4.78, 5) is 8.56. The highest BCUT2D eigenvalue weighted by atomic mass is 79.9. The van der Waals surface area contributed by atoms with Crippen LogP contribution in [0.1, 0.15) is 0 Å². The zero-order chi connectivity index (χ0) is 11.0. The van der Waals surface area contributed by atoms with E-state index in [0.29, 0.717) is 0 Å². The summed E-state index contributed by atoms with van der Waals surface area (Å²) in [5, 5.41) is 0. The van der Waals surface area contributed by atoms with Crippen molar-refractivity contribution in [3.8, 4) is 5.69 Å². The first-order valence-electron chi connectivity index (χ1n) is 4.89. The first kappa shape index (κ1) is 9.54. The molecule has 78 valence electrons. The van der Waals surface area contributed by atoms with Crippen LogP contribution >= 0.6 is 15.9 Å². The molecule has 0 radical (unpaired) electrons. The van der Waals surface area contributed by atoms with Crippen molar-refractivity contribution < 1.29 is 0 Å². The molecule has 0 saturated carbocycles. The molecule has 0 aliphatic rings. The van der Waals surface area contributed by atoms with Gasteiger partial charge in [0.05, 0.1) is 16.7 Å². The third-order valence-corrected chi connectivity index (χ3v) is 3.06. The third-order valence-electron chi connectivity index (χ3n) is 2.45. The Bertz CT molecular complexity index is 645. The SMILES string of the molecule is Brc1ncccc1-n1cnc2ccccc21. The molecule has 0 amide bonds. The highest BCUT2D eigenvalue weighted by molar-refractivity contribution is 9.10. The zero-order valence-corrected chi connectivity index (χ0v) is 9.92. The van der Waals surface area contributed by atoms with Crippen LogP contribution in [0.2, 0.25) is 0 Å². The Morgan fingerprint density at radius 1 is 1.00 bits per heavy atom. The van der Waals surface area contributed by atoms with Crippen LogP contribution in [0.4, 0.5) is 0 Å². The highest BCUT2D eigenvalue weighted by Gasteiger charge is 2.06. The molecule has 0 atom stereocenters. The average Bonchev–Trinajstić information content (AvgIpc) is 2.74. The zero-order valence-electron chi connectivity index (χ0n) is 8.34. The van der Waals surface area contributed by atoms with E-state index in [4.69, 9.17) is 0 Å². The number of hydrogen-bond acceptors (Lipinski definition) is 2. The third kappa shape index (κ3) is 1.42. The van der Waals surface area contributed by atoms with Crippen LogP contribution in [-0.2, 0) is 0 Å². The first-order chi connectivity index (χ1) is 7.86. The molecule has 0 N–H and O–H groups in total. The second-order valence-electron chi connectivity index (χ2n) is 3.42. The predicted molar refractivity (Wildman–Crippen MR) is 66.6 cm³/mol. The Labute approximate surface area is 101 Å². The second-order valence-corrected chi connectivity index (χ2v) is 4.17. The normalized spacial score (nSPS) is 10.8. The Morgan fingerprint density at radius 3 is 2.75 bits per heavy atom. The molecule has 0 aliphatic heterocycles. The van der Waals surface area contributed by atoms with Crippen molar-refractivity contribution in [2.75, 3.05) is 0 Å². The van der Waals surface area contributed by atoms with E-state index in [2.05, 4.69) is 25.9 Å². The average molecular weight is 274 g/mol. The second kappa shape index (κ2) is 3.72. The molecule has 16 heavy (non-hydrogen) atoms. The van der Waals surface area contributed by atoms with Gasteiger partial charge in [0.25, 0.3) is 0 Å². The number of pyridine rings is 1. The van der Waals surface area contributed by atoms with Gasteiger partial charge >= 0.3 is 0 Å². The Kier molecular flexibility index (Phi) is 2.22. The molecule has 3 rings (SSSR count). The van der Waals surface area contributed by atoms with Crippen LogP contribution in [0, 0.1) is 0 Å². The lowest BCUT2D eigenvalue weighted by Gasteiger charge is -2.05. The summed E-state index contributed by atoms with van der Waals surface area (Å²) in [6.07, 6.45) is 3.57. The first-order valence-corrected chi connectivity index (χ1v) is 5.68. The summed E-state index contributed by atoms with van der Waals surface area (Å²) in [6, 6.07) is 11.9. The van der Waals surface area contributed by atoms with Gasteiger partial charge in [0.2, 0.25) is 0 Å². The van der Waals surface area contributed by atoms with Gasteiger partial charge in [0.15, 0.2) is 0 Å². The van der Waals surface area contributed by atoms with Crippen LogP contribution in [0.5, 0.6) is 0 Å². The molecule has 3 nitrogen and oxygen atoms in total. The van der Waals surface area contributed by atoms with E-state index in [-0.39, 0.29) is 0 Å². The number of imidazole rings is 1. The van der Waals surface area contributed by atoms with Gasteiger partial charge in [-0.25, -0.2) is 9.97 Å². The number of aromatic nitrogens is 3. The monoisotopic (exact) mass is 273 g/mol. The quantitative estimate of drug-likeness (QED) is 0.638. The van der Waals surface area contributed by atoms with Crippen LogP contribution in [0.3, 0.4) is 0 Å². The van der Waals surface area contributed by atoms with Crippen LogP contribution < -0.4 is 0 Å². The molecule has 0 bridgehead atoms. The minimum atomic E-state index is 0.818. The van der Waals surface area contributed by atoms with Gasteiger partial charge in [-0.1, -0.05) is 12.1 Å². The molecule has 0 aliphatic carbocycles. The molecule has 0 fully saturated rings. The maximum Gasteiger partial charge on any atom is 0.130 e. The lowest BCUT2D eigenvalue weighted by Crippen LogP contribution is -1.94. The van der Waals surface area contributed by atoms with Crippen molar-refractivity contribution in [3.63, 3.8) is 0 Å². The molecular formula is C12H8BrN3.